The van der Waals surface area contributed by atoms with Gasteiger partial charge >= 0.3 is 12.3 Å². The summed E-state index contributed by atoms with van der Waals surface area (Å²) < 4.78 is 48.7. The SMILES string of the molecule is O=C(Nc1ccc2c(c1)OC(F)(F)O2)N1CC(c2ccccc2)=C(c2ccc(F)cc2)N1. The molecule has 9 heteroatoms. The van der Waals surface area contributed by atoms with Crippen molar-refractivity contribution in [2.24, 2.45) is 0 Å². The summed E-state index contributed by atoms with van der Waals surface area (Å²) in [7, 11) is 0. The number of rotatable bonds is 3. The number of alkyl halides is 2. The summed E-state index contributed by atoms with van der Waals surface area (Å²) in [5, 5.41) is 4.00. The molecular formula is C23H16F3N3O3. The van der Waals surface area contributed by atoms with E-state index in [4.69, 9.17) is 0 Å². The Kier molecular flexibility index (Phi) is 4.66. The normalized spacial score (nSPS) is 16.2. The molecule has 2 amide bonds. The molecule has 0 fully saturated rings. The minimum atomic E-state index is -3.74. The number of urea groups is 1. The lowest BCUT2D eigenvalue weighted by Crippen LogP contribution is -2.40. The van der Waals surface area contributed by atoms with Crippen molar-refractivity contribution in [3.8, 4) is 11.5 Å². The first-order valence-corrected chi connectivity index (χ1v) is 9.67. The Morgan fingerprint density at radius 2 is 1.66 bits per heavy atom. The lowest BCUT2D eigenvalue weighted by molar-refractivity contribution is -0.286. The van der Waals surface area contributed by atoms with Crippen LogP contribution in [-0.2, 0) is 0 Å². The van der Waals surface area contributed by atoms with Crippen LogP contribution in [0.25, 0.3) is 11.3 Å². The van der Waals surface area contributed by atoms with Gasteiger partial charge in [0.15, 0.2) is 11.5 Å². The van der Waals surface area contributed by atoms with Crippen molar-refractivity contribution in [2.45, 2.75) is 6.29 Å². The number of carbonyl (C=O) groups excluding carboxylic acids is 1. The first kappa shape index (κ1) is 19.8. The van der Waals surface area contributed by atoms with Gasteiger partial charge in [0.2, 0.25) is 0 Å². The largest absolute Gasteiger partial charge is 0.586 e. The highest BCUT2D eigenvalue weighted by Gasteiger charge is 2.43. The molecule has 0 saturated carbocycles. The average molecular weight is 439 g/mol. The summed E-state index contributed by atoms with van der Waals surface area (Å²) in [6.07, 6.45) is -3.74. The van der Waals surface area contributed by atoms with Gasteiger partial charge < -0.3 is 14.8 Å². The predicted molar refractivity (Wildman–Crippen MR) is 111 cm³/mol. The van der Waals surface area contributed by atoms with Crippen molar-refractivity contribution in [3.05, 3.63) is 89.7 Å². The van der Waals surface area contributed by atoms with Crippen LogP contribution in [0.1, 0.15) is 11.1 Å². The van der Waals surface area contributed by atoms with Crippen molar-refractivity contribution >= 4 is 23.0 Å². The Hall–Kier alpha value is -4.14. The molecule has 0 radical (unpaired) electrons. The molecule has 2 aliphatic heterocycles. The number of ether oxygens (including phenoxy) is 2. The smallest absolute Gasteiger partial charge is 0.395 e. The van der Waals surface area contributed by atoms with Crippen LogP contribution in [0.3, 0.4) is 0 Å². The van der Waals surface area contributed by atoms with Crippen LogP contribution in [0.15, 0.2) is 72.8 Å². The standard InChI is InChI=1S/C23H16F3N3O3/c24-16-8-6-15(7-9-16)21-18(14-4-2-1-3-5-14)13-29(28-21)22(30)27-17-10-11-19-20(12-17)32-23(25,26)31-19/h1-12,28H,13H2,(H,27,30). The number of hydrogen-bond donors (Lipinski definition) is 2. The lowest BCUT2D eigenvalue weighted by atomic mass is 10.0. The molecule has 5 rings (SSSR count). The van der Waals surface area contributed by atoms with E-state index in [2.05, 4.69) is 20.2 Å². The van der Waals surface area contributed by atoms with Gasteiger partial charge in [-0.25, -0.2) is 14.2 Å². The highest BCUT2D eigenvalue weighted by molar-refractivity contribution is 5.98. The summed E-state index contributed by atoms with van der Waals surface area (Å²) in [6, 6.07) is 18.9. The molecule has 0 aliphatic carbocycles. The van der Waals surface area contributed by atoms with Crippen molar-refractivity contribution in [2.75, 3.05) is 11.9 Å². The number of nitrogens with zero attached hydrogens (tertiary/aromatic N) is 1. The van der Waals surface area contributed by atoms with E-state index >= 15 is 0 Å². The molecule has 2 aliphatic rings. The van der Waals surface area contributed by atoms with Crippen molar-refractivity contribution in [1.82, 2.24) is 10.4 Å². The maximum Gasteiger partial charge on any atom is 0.586 e. The minimum Gasteiger partial charge on any atom is -0.395 e. The van der Waals surface area contributed by atoms with E-state index < -0.39 is 12.3 Å². The van der Waals surface area contributed by atoms with E-state index in [1.807, 2.05) is 30.3 Å². The van der Waals surface area contributed by atoms with Gasteiger partial charge in [-0.1, -0.05) is 30.3 Å². The maximum absolute atomic E-state index is 13.4. The van der Waals surface area contributed by atoms with Crippen LogP contribution >= 0.6 is 0 Å². The molecule has 0 aromatic heterocycles. The molecule has 0 atom stereocenters. The average Bonchev–Trinajstić information content (AvgIpc) is 3.35. The first-order chi connectivity index (χ1) is 15.4. The Balaban J connectivity index is 1.38. The number of anilines is 1. The number of halogens is 3. The van der Waals surface area contributed by atoms with Gasteiger partial charge in [0, 0.05) is 17.3 Å². The second-order valence-corrected chi connectivity index (χ2v) is 7.18. The number of benzene rings is 3. The molecule has 2 N–H and O–H groups in total. The quantitative estimate of drug-likeness (QED) is 0.598. The maximum atomic E-state index is 13.4. The highest BCUT2D eigenvalue weighted by atomic mass is 19.3. The molecule has 32 heavy (non-hydrogen) atoms. The van der Waals surface area contributed by atoms with E-state index in [1.54, 1.807) is 12.1 Å². The number of hydrogen-bond acceptors (Lipinski definition) is 4. The number of hydrazine groups is 1. The fourth-order valence-electron chi connectivity index (χ4n) is 3.55. The monoisotopic (exact) mass is 439 g/mol. The number of nitrogens with one attached hydrogen (secondary N) is 2. The minimum absolute atomic E-state index is 0.112. The fraction of sp³-hybridized carbons (Fsp3) is 0.0870. The second-order valence-electron chi connectivity index (χ2n) is 7.18. The van der Waals surface area contributed by atoms with E-state index in [0.717, 1.165) is 11.1 Å². The van der Waals surface area contributed by atoms with E-state index in [0.29, 0.717) is 11.3 Å². The van der Waals surface area contributed by atoms with Crippen LogP contribution in [0.4, 0.5) is 23.7 Å². The zero-order valence-corrected chi connectivity index (χ0v) is 16.4. The zero-order valence-electron chi connectivity index (χ0n) is 16.4. The molecule has 3 aromatic rings. The van der Waals surface area contributed by atoms with Crippen LogP contribution in [0.5, 0.6) is 11.5 Å². The molecule has 0 unspecified atom stereocenters. The summed E-state index contributed by atoms with van der Waals surface area (Å²) in [4.78, 5) is 12.9. The van der Waals surface area contributed by atoms with E-state index in [9.17, 15) is 18.0 Å². The Bertz CT molecular complexity index is 1210. The second kappa shape index (κ2) is 7.52. The van der Waals surface area contributed by atoms with Crippen LogP contribution in [0, 0.1) is 5.82 Å². The molecule has 0 bridgehead atoms. The van der Waals surface area contributed by atoms with Crippen LogP contribution in [0.2, 0.25) is 0 Å². The third kappa shape index (κ3) is 3.80. The summed E-state index contributed by atoms with van der Waals surface area (Å²) >= 11 is 0. The molecule has 0 spiro atoms. The summed E-state index contributed by atoms with van der Waals surface area (Å²) in [5.41, 5.74) is 6.45. The van der Waals surface area contributed by atoms with Gasteiger partial charge in [-0.3, -0.25) is 5.43 Å². The summed E-state index contributed by atoms with van der Waals surface area (Å²) in [6.45, 7) is 0.227. The van der Waals surface area contributed by atoms with Gasteiger partial charge in [0.25, 0.3) is 0 Å². The van der Waals surface area contributed by atoms with Crippen molar-refractivity contribution < 1.29 is 27.4 Å². The van der Waals surface area contributed by atoms with Crippen LogP contribution in [-0.4, -0.2) is 23.9 Å². The third-order valence-corrected chi connectivity index (χ3v) is 5.02. The van der Waals surface area contributed by atoms with Gasteiger partial charge in [-0.2, -0.15) is 0 Å². The highest BCUT2D eigenvalue weighted by Crippen LogP contribution is 2.42. The fourth-order valence-corrected chi connectivity index (χ4v) is 3.55. The predicted octanol–water partition coefficient (Wildman–Crippen LogP) is 5.07. The molecule has 0 saturated heterocycles. The van der Waals surface area contributed by atoms with Gasteiger partial charge in [-0.15, -0.1) is 8.78 Å². The molecule has 2 heterocycles. The topological polar surface area (TPSA) is 62.8 Å². The Morgan fingerprint density at radius 1 is 0.938 bits per heavy atom. The molecule has 6 nitrogen and oxygen atoms in total. The third-order valence-electron chi connectivity index (χ3n) is 5.02. The number of fused-ring (bicyclic) bond motifs is 1. The zero-order chi connectivity index (χ0) is 22.3. The van der Waals surface area contributed by atoms with Gasteiger partial charge in [0.05, 0.1) is 12.2 Å². The molecular weight excluding hydrogens is 423 g/mol. The Labute approximate surface area is 180 Å². The molecule has 3 aromatic carbocycles. The lowest BCUT2D eigenvalue weighted by Gasteiger charge is -2.19. The molecule has 162 valence electrons. The van der Waals surface area contributed by atoms with Crippen molar-refractivity contribution in [1.29, 1.82) is 0 Å². The first-order valence-electron chi connectivity index (χ1n) is 9.67. The Morgan fingerprint density at radius 3 is 2.41 bits per heavy atom. The summed E-state index contributed by atoms with van der Waals surface area (Å²) in [5.74, 6) is -0.646. The number of carbonyl (C=O) groups is 1. The van der Waals surface area contributed by atoms with Crippen LogP contribution < -0.4 is 20.2 Å². The van der Waals surface area contributed by atoms with Gasteiger partial charge in [-0.05, 0) is 47.5 Å². The number of amides is 2. The van der Waals surface area contributed by atoms with E-state index in [1.165, 1.54) is 35.3 Å². The van der Waals surface area contributed by atoms with Gasteiger partial charge in [0.1, 0.15) is 5.82 Å². The van der Waals surface area contributed by atoms with Crippen molar-refractivity contribution in [3.63, 3.8) is 0 Å². The van der Waals surface area contributed by atoms with E-state index in [-0.39, 0.29) is 29.5 Å².